The Balaban J connectivity index is 1.95. The quantitative estimate of drug-likeness (QED) is 0.195. The van der Waals surface area contributed by atoms with Crippen LogP contribution in [0.4, 0.5) is 5.69 Å². The molecule has 1 fully saturated rings. The minimum atomic E-state index is -0.674. The molecule has 0 unspecified atom stereocenters. The molecule has 186 valence electrons. The number of phenolic OH excluding ortho intramolecular Hbond substituents is 1. The van der Waals surface area contributed by atoms with Gasteiger partial charge in [-0.3, -0.25) is 0 Å². The standard InChI is InChI=1S/C24H26N2O8Se/c1-30-18-6-5-14(9-17(18)27)22-16(12-34-21(28)7-8-35-13-25)24(29)26(22)15-10-19(31-2)23(33-4)20(11-15)32-3/h5-6,9-11,16,22,27H,7-8,12H2,1-4H3/t16-,22+/m1/s1. The van der Waals surface area contributed by atoms with E-state index in [1.807, 2.05) is 4.97 Å². The van der Waals surface area contributed by atoms with Crippen molar-refractivity contribution in [2.75, 3.05) is 39.9 Å². The number of anilines is 1. The summed E-state index contributed by atoms with van der Waals surface area (Å²) < 4.78 is 26.7. The van der Waals surface area contributed by atoms with E-state index >= 15 is 0 Å². The maximum atomic E-state index is 13.3. The zero-order valence-electron chi connectivity index (χ0n) is 19.8. The summed E-state index contributed by atoms with van der Waals surface area (Å²) in [6.45, 7) is -0.129. The summed E-state index contributed by atoms with van der Waals surface area (Å²) >= 11 is -0.280. The van der Waals surface area contributed by atoms with E-state index in [9.17, 15) is 14.7 Å². The van der Waals surface area contributed by atoms with Crippen molar-refractivity contribution in [2.45, 2.75) is 17.8 Å². The fourth-order valence-corrected chi connectivity index (χ4v) is 4.67. The van der Waals surface area contributed by atoms with Gasteiger partial charge in [0.05, 0.1) is 28.4 Å². The number of methoxy groups -OCH3 is 4. The Hall–Kier alpha value is -3.61. The van der Waals surface area contributed by atoms with Crippen LogP contribution in [0.3, 0.4) is 0 Å². The first-order valence-electron chi connectivity index (χ1n) is 10.6. The van der Waals surface area contributed by atoms with E-state index in [0.717, 1.165) is 0 Å². The van der Waals surface area contributed by atoms with Crippen LogP contribution in [0.15, 0.2) is 30.3 Å². The van der Waals surface area contributed by atoms with Gasteiger partial charge in [-0.25, -0.2) is 0 Å². The fraction of sp³-hybridized carbons (Fsp3) is 0.375. The van der Waals surface area contributed by atoms with Gasteiger partial charge in [0.25, 0.3) is 0 Å². The van der Waals surface area contributed by atoms with Crippen LogP contribution in [0.2, 0.25) is 5.32 Å². The molecule has 1 amide bonds. The normalized spacial score (nSPS) is 16.7. The number of benzene rings is 2. The van der Waals surface area contributed by atoms with Crippen molar-refractivity contribution in [2.24, 2.45) is 5.92 Å². The number of nitriles is 1. The summed E-state index contributed by atoms with van der Waals surface area (Å²) in [5, 5.41) is 19.5. The van der Waals surface area contributed by atoms with Gasteiger partial charge in [-0.15, -0.1) is 0 Å². The molecule has 0 radical (unpaired) electrons. The first-order valence-corrected chi connectivity index (χ1v) is 12.6. The van der Waals surface area contributed by atoms with Crippen LogP contribution < -0.4 is 23.8 Å². The van der Waals surface area contributed by atoms with Crippen LogP contribution in [-0.4, -0.2) is 67.0 Å². The Morgan fingerprint density at radius 3 is 2.26 bits per heavy atom. The van der Waals surface area contributed by atoms with Gasteiger partial charge < -0.3 is 4.74 Å². The maximum absolute atomic E-state index is 13.3. The molecule has 10 nitrogen and oxygen atoms in total. The zero-order chi connectivity index (χ0) is 25.5. The number of β-lactam (4-membered cyclic amide) rings is 1. The van der Waals surface area contributed by atoms with E-state index < -0.39 is 17.9 Å². The topological polar surface area (TPSA) is 128 Å². The van der Waals surface area contributed by atoms with Gasteiger partial charge in [0, 0.05) is 0 Å². The summed E-state index contributed by atoms with van der Waals surface area (Å²) in [6, 6.07) is 7.63. The number of ether oxygens (including phenoxy) is 5. The van der Waals surface area contributed by atoms with Crippen LogP contribution in [0.5, 0.6) is 28.7 Å². The average molecular weight is 549 g/mol. The second kappa shape index (κ2) is 11.7. The molecule has 1 aliphatic heterocycles. The van der Waals surface area contributed by atoms with Crippen LogP contribution in [-0.2, 0) is 14.3 Å². The summed E-state index contributed by atoms with van der Waals surface area (Å²) in [5.41, 5.74) is 1.12. The third-order valence-electron chi connectivity index (χ3n) is 5.58. The first kappa shape index (κ1) is 26.0. The summed E-state index contributed by atoms with van der Waals surface area (Å²) in [4.78, 5) is 28.9. The predicted octanol–water partition coefficient (Wildman–Crippen LogP) is 2.67. The number of rotatable bonds is 11. The van der Waals surface area contributed by atoms with Gasteiger partial charge in [0.1, 0.15) is 0 Å². The molecule has 0 aliphatic carbocycles. The predicted molar refractivity (Wildman–Crippen MR) is 126 cm³/mol. The van der Waals surface area contributed by atoms with E-state index in [4.69, 9.17) is 28.9 Å². The van der Waals surface area contributed by atoms with Gasteiger partial charge in [-0.2, -0.15) is 0 Å². The molecule has 3 rings (SSSR count). The van der Waals surface area contributed by atoms with Crippen molar-refractivity contribution in [3.05, 3.63) is 35.9 Å². The van der Waals surface area contributed by atoms with Crippen LogP contribution in [0, 0.1) is 16.1 Å². The molecule has 35 heavy (non-hydrogen) atoms. The first-order chi connectivity index (χ1) is 16.9. The van der Waals surface area contributed by atoms with Gasteiger partial charge in [-0.05, 0) is 0 Å². The molecule has 2 aromatic rings. The molecule has 11 heteroatoms. The summed E-state index contributed by atoms with van der Waals surface area (Å²) in [5.74, 6) is -0.0570. The van der Waals surface area contributed by atoms with Crippen molar-refractivity contribution in [3.63, 3.8) is 0 Å². The summed E-state index contributed by atoms with van der Waals surface area (Å²) in [7, 11) is 5.89. The van der Waals surface area contributed by atoms with E-state index in [1.54, 1.807) is 24.3 Å². The van der Waals surface area contributed by atoms with Crippen molar-refractivity contribution in [1.29, 1.82) is 5.26 Å². The Morgan fingerprint density at radius 1 is 1.06 bits per heavy atom. The number of aromatic hydroxyl groups is 1. The van der Waals surface area contributed by atoms with Crippen LogP contribution in [0.1, 0.15) is 18.0 Å². The molecule has 0 aromatic heterocycles. The van der Waals surface area contributed by atoms with Crippen LogP contribution >= 0.6 is 0 Å². The third kappa shape index (κ3) is 5.39. The zero-order valence-corrected chi connectivity index (χ0v) is 21.5. The van der Waals surface area contributed by atoms with Crippen molar-refractivity contribution < 1.29 is 38.4 Å². The minimum absolute atomic E-state index is 0.0799. The number of phenols is 1. The molecular formula is C24H26N2O8Se. The average Bonchev–Trinajstić information content (AvgIpc) is 2.86. The fourth-order valence-electron chi connectivity index (χ4n) is 3.91. The molecule has 1 heterocycles. The Labute approximate surface area is 209 Å². The molecule has 2 aromatic carbocycles. The van der Waals surface area contributed by atoms with Crippen molar-refractivity contribution >= 4 is 32.5 Å². The number of esters is 1. The molecule has 1 N–H and O–H groups in total. The molecule has 1 aliphatic rings. The molecule has 0 spiro atoms. The SMILES string of the molecule is COc1ccc([C@H]2[C@@H](COC(=O)CC[Se]C#N)C(=O)N2c2cc(OC)c(OC)c(OC)c2)cc1O. The number of carbonyl (C=O) groups is 2. The van der Waals surface area contributed by atoms with Crippen molar-refractivity contribution in [3.8, 4) is 33.7 Å². The van der Waals surface area contributed by atoms with Gasteiger partial charge >= 0.3 is 176 Å². The van der Waals surface area contributed by atoms with Gasteiger partial charge in [0.15, 0.2) is 0 Å². The Kier molecular flexibility index (Phi) is 8.68. The van der Waals surface area contributed by atoms with E-state index in [2.05, 4.69) is 0 Å². The molecule has 2 atom stereocenters. The molecular weight excluding hydrogens is 523 g/mol. The molecule has 1 saturated heterocycles. The van der Waals surface area contributed by atoms with E-state index in [1.165, 1.54) is 39.4 Å². The number of hydrogen-bond acceptors (Lipinski definition) is 9. The van der Waals surface area contributed by atoms with E-state index in [-0.39, 0.29) is 39.6 Å². The van der Waals surface area contributed by atoms with Crippen LogP contribution in [0.25, 0.3) is 0 Å². The number of carbonyl (C=O) groups excluding carboxylic acids is 2. The molecule has 0 saturated carbocycles. The Morgan fingerprint density at radius 2 is 1.71 bits per heavy atom. The number of hydrogen-bond donors (Lipinski definition) is 1. The molecule has 0 bridgehead atoms. The second-order valence-electron chi connectivity index (χ2n) is 7.45. The third-order valence-corrected chi connectivity index (χ3v) is 6.71. The monoisotopic (exact) mass is 550 g/mol. The van der Waals surface area contributed by atoms with E-state index in [0.29, 0.717) is 39.6 Å². The number of nitrogens with zero attached hydrogens (tertiary/aromatic N) is 2. The number of amides is 1. The summed E-state index contributed by atoms with van der Waals surface area (Å²) in [6.07, 6.45) is 0.124. The second-order valence-corrected chi connectivity index (χ2v) is 9.29. The Bertz CT molecular complexity index is 1110. The van der Waals surface area contributed by atoms with Crippen molar-refractivity contribution in [1.82, 2.24) is 0 Å². The van der Waals surface area contributed by atoms with Gasteiger partial charge in [-0.1, -0.05) is 0 Å². The van der Waals surface area contributed by atoms with Gasteiger partial charge in [0.2, 0.25) is 0 Å².